The largest absolute Gasteiger partial charge is 0.472 e. The summed E-state index contributed by atoms with van der Waals surface area (Å²) < 4.78 is 34.7. The lowest BCUT2D eigenvalue weighted by Gasteiger charge is -2.24. The Hall–Kier alpha value is -5.15. The average molecular weight is 1260 g/mol. The van der Waals surface area contributed by atoms with Crippen molar-refractivity contribution >= 4 is 19.8 Å². The zero-order valence-corrected chi connectivity index (χ0v) is 58.4. The SMILES string of the molecule is CC/C=C\C/C=C\C/C=C\C/C=C\C/C=C\C/C=C\C/C=C\C/C=C\C/C=C\CCCCCCCCCCCC(=O)OC(COC(=O)CCCCCCCCC/C=C\C/C=C\C/C=C\C/C=C\C/C=C\C/C=C\C/C=C\CC)COP(=O)(O)OCC[N+](C)(C)C. The number of hydrogen-bond donors (Lipinski definition) is 1. The highest BCUT2D eigenvalue weighted by atomic mass is 31.2. The highest BCUT2D eigenvalue weighted by Crippen LogP contribution is 2.43. The van der Waals surface area contributed by atoms with Crippen LogP contribution in [-0.4, -0.2) is 74.9 Å². The summed E-state index contributed by atoms with van der Waals surface area (Å²) in [6.07, 6.45) is 107. The summed E-state index contributed by atoms with van der Waals surface area (Å²) >= 11 is 0. The summed E-state index contributed by atoms with van der Waals surface area (Å²) in [6.45, 7) is 4.16. The van der Waals surface area contributed by atoms with Crippen LogP contribution in [0, 0.1) is 0 Å². The van der Waals surface area contributed by atoms with Crippen molar-refractivity contribution in [3.63, 3.8) is 0 Å². The first kappa shape index (κ1) is 84.8. The van der Waals surface area contributed by atoms with Gasteiger partial charge in [0, 0.05) is 12.8 Å². The number of phosphoric acid groups is 1. The van der Waals surface area contributed by atoms with Crippen LogP contribution in [0.1, 0.15) is 245 Å². The summed E-state index contributed by atoms with van der Waals surface area (Å²) in [5.41, 5.74) is 0. The summed E-state index contributed by atoms with van der Waals surface area (Å²) in [5.74, 6) is -0.830. The number of unbranched alkanes of at least 4 members (excludes halogenated alkanes) is 16. The third kappa shape index (κ3) is 71.9. The maximum atomic E-state index is 12.9. The Bertz CT molecular complexity index is 2220. The van der Waals surface area contributed by atoms with Crippen molar-refractivity contribution in [1.29, 1.82) is 0 Å². The van der Waals surface area contributed by atoms with E-state index in [-0.39, 0.29) is 32.0 Å². The van der Waals surface area contributed by atoms with Crippen LogP contribution in [0.2, 0.25) is 0 Å². The van der Waals surface area contributed by atoms with Crippen LogP contribution in [0.25, 0.3) is 0 Å². The minimum atomic E-state index is -4.41. The third-order valence-corrected chi connectivity index (χ3v) is 15.1. The predicted octanol–water partition coefficient (Wildman–Crippen LogP) is 23.3. The monoisotopic (exact) mass is 1260 g/mol. The number of carbonyl (C=O) groups excluding carboxylic acids is 2. The van der Waals surface area contributed by atoms with Crippen molar-refractivity contribution in [2.45, 2.75) is 251 Å². The molecule has 0 spiro atoms. The number of carbonyl (C=O) groups is 2. The maximum absolute atomic E-state index is 12.9. The molecule has 2 atom stereocenters. The molecule has 0 aliphatic carbocycles. The molecule has 0 saturated carbocycles. The van der Waals surface area contributed by atoms with E-state index in [4.69, 9.17) is 18.5 Å². The molecule has 0 amide bonds. The molecule has 0 aromatic carbocycles. The molecule has 0 bridgehead atoms. The first-order chi connectivity index (χ1) is 44.0. The second-order valence-electron chi connectivity index (χ2n) is 23.8. The first-order valence-corrected chi connectivity index (χ1v) is 36.7. The molecular weight excluding hydrogens is 1130 g/mol. The Balaban J connectivity index is 4.18. The van der Waals surface area contributed by atoms with Gasteiger partial charge in [0.15, 0.2) is 6.10 Å². The fraction of sp³-hybridized carbons (Fsp3) is 0.575. The number of ether oxygens (including phenoxy) is 2. The van der Waals surface area contributed by atoms with Crippen molar-refractivity contribution in [1.82, 2.24) is 0 Å². The van der Waals surface area contributed by atoms with Crippen molar-refractivity contribution in [2.75, 3.05) is 47.5 Å². The second-order valence-corrected chi connectivity index (χ2v) is 25.3. The fourth-order valence-electron chi connectivity index (χ4n) is 8.81. The summed E-state index contributed by atoms with van der Waals surface area (Å²) in [4.78, 5) is 35.9. The second kappa shape index (κ2) is 68.2. The van der Waals surface area contributed by atoms with E-state index >= 15 is 0 Å². The molecule has 0 aliphatic heterocycles. The highest BCUT2D eigenvalue weighted by Gasteiger charge is 2.27. The molecule has 0 aromatic rings. The van der Waals surface area contributed by atoms with E-state index in [0.29, 0.717) is 23.9 Å². The van der Waals surface area contributed by atoms with Gasteiger partial charge in [-0.05, 0) is 141 Å². The molecule has 9 nitrogen and oxygen atoms in total. The molecule has 10 heteroatoms. The molecule has 0 heterocycles. The van der Waals surface area contributed by atoms with Crippen molar-refractivity contribution in [3.05, 3.63) is 194 Å². The van der Waals surface area contributed by atoms with Gasteiger partial charge < -0.3 is 18.9 Å². The number of phosphoric ester groups is 1. The van der Waals surface area contributed by atoms with Gasteiger partial charge in [-0.3, -0.25) is 18.6 Å². The van der Waals surface area contributed by atoms with Crippen LogP contribution in [-0.2, 0) is 32.7 Å². The Morgan fingerprint density at radius 2 is 0.600 bits per heavy atom. The normalized spacial score (nSPS) is 14.3. The minimum Gasteiger partial charge on any atom is -0.462 e. The van der Waals surface area contributed by atoms with Gasteiger partial charge in [0.1, 0.15) is 19.8 Å². The Kier molecular flexibility index (Phi) is 64.3. The maximum Gasteiger partial charge on any atom is 0.472 e. The van der Waals surface area contributed by atoms with Crippen molar-refractivity contribution < 1.29 is 42.1 Å². The van der Waals surface area contributed by atoms with Gasteiger partial charge in [0.2, 0.25) is 0 Å². The van der Waals surface area contributed by atoms with E-state index in [9.17, 15) is 19.0 Å². The highest BCUT2D eigenvalue weighted by molar-refractivity contribution is 7.47. The lowest BCUT2D eigenvalue weighted by atomic mass is 10.1. The van der Waals surface area contributed by atoms with Crippen LogP contribution in [0.3, 0.4) is 0 Å². The van der Waals surface area contributed by atoms with Crippen LogP contribution in [0.15, 0.2) is 194 Å². The molecule has 506 valence electrons. The van der Waals surface area contributed by atoms with E-state index in [1.807, 2.05) is 21.1 Å². The predicted molar refractivity (Wildman–Crippen MR) is 389 cm³/mol. The quantitative estimate of drug-likeness (QED) is 0.0211. The van der Waals surface area contributed by atoms with Gasteiger partial charge in [0.25, 0.3) is 0 Å². The zero-order chi connectivity index (χ0) is 65.5. The summed E-state index contributed by atoms with van der Waals surface area (Å²) in [5, 5.41) is 0. The van der Waals surface area contributed by atoms with Gasteiger partial charge in [-0.2, -0.15) is 0 Å². The van der Waals surface area contributed by atoms with E-state index in [2.05, 4.69) is 208 Å². The number of rotatable bonds is 62. The molecule has 0 fully saturated rings. The van der Waals surface area contributed by atoms with Crippen molar-refractivity contribution in [2.24, 2.45) is 0 Å². The fourth-order valence-corrected chi connectivity index (χ4v) is 9.55. The van der Waals surface area contributed by atoms with Crippen molar-refractivity contribution in [3.8, 4) is 0 Å². The Labute approximate surface area is 552 Å². The first-order valence-electron chi connectivity index (χ1n) is 35.2. The Morgan fingerprint density at radius 1 is 0.344 bits per heavy atom. The molecule has 1 N–H and O–H groups in total. The molecule has 0 aromatic heterocycles. The van der Waals surface area contributed by atoms with Crippen LogP contribution >= 0.6 is 7.82 Å². The molecule has 2 unspecified atom stereocenters. The van der Waals surface area contributed by atoms with E-state index in [0.717, 1.165) is 154 Å². The van der Waals surface area contributed by atoms with Gasteiger partial charge in [-0.1, -0.05) is 285 Å². The number of allylic oxidation sites excluding steroid dienone is 32. The van der Waals surface area contributed by atoms with E-state index in [1.54, 1.807) is 0 Å². The summed E-state index contributed by atoms with van der Waals surface area (Å²) in [6, 6.07) is 0. The molecule has 0 aliphatic rings. The number of quaternary nitrogens is 1. The molecule has 90 heavy (non-hydrogen) atoms. The zero-order valence-electron chi connectivity index (χ0n) is 57.5. The van der Waals surface area contributed by atoms with Crippen LogP contribution in [0.4, 0.5) is 0 Å². The minimum absolute atomic E-state index is 0.0177. The third-order valence-electron chi connectivity index (χ3n) is 14.1. The number of hydrogen-bond acceptors (Lipinski definition) is 7. The van der Waals surface area contributed by atoms with E-state index < -0.39 is 26.5 Å². The van der Waals surface area contributed by atoms with Gasteiger partial charge in [-0.15, -0.1) is 0 Å². The molecule has 0 radical (unpaired) electrons. The molecular formula is C80H129NO8P+. The number of likely N-dealkylation sites (N-methyl/N-ethyl adjacent to an activating group) is 1. The van der Waals surface area contributed by atoms with Gasteiger partial charge >= 0.3 is 19.8 Å². The average Bonchev–Trinajstić information content (AvgIpc) is 3.58. The lowest BCUT2D eigenvalue weighted by Crippen LogP contribution is -2.37. The lowest BCUT2D eigenvalue weighted by molar-refractivity contribution is -0.870. The smallest absolute Gasteiger partial charge is 0.462 e. The molecule has 0 rings (SSSR count). The Morgan fingerprint density at radius 3 is 0.889 bits per heavy atom. The standard InChI is InChI=1S/C80H128NO8P/c1-6-8-10-12-14-16-18-20-22-24-26-28-30-32-34-36-37-38-39-40-41-42-43-45-47-49-51-53-55-57-59-61-63-65-67-69-71-73-80(83)89-78(77-88-90(84,85)87-75-74-81(3,4)5)76-86-79(82)72-70-68-66-64-62-60-58-56-54-52-50-48-46-44-35-33-31-29-27-25-23-21-19-17-15-13-11-9-7-2/h8-11,14-17,20-23,26-29,32-35,37-38,40-41,43,45-46,48-49,51-52,54,78H,6-7,12-13,18-19,24-25,30-31,36,39,42,44,47,50,53,55-77H2,1-5H3/p+1/b10-8-,11-9-,16-14-,17-15-,22-20-,23-21-,28-26-,29-27-,34-32-,35-33-,38-37-,41-40-,45-43-,48-46-,51-49-,54-52-. The van der Waals surface area contributed by atoms with Gasteiger partial charge in [0.05, 0.1) is 27.7 Å². The summed E-state index contributed by atoms with van der Waals surface area (Å²) in [7, 11) is 1.44. The number of nitrogens with zero attached hydrogens (tertiary/aromatic N) is 1. The van der Waals surface area contributed by atoms with Crippen LogP contribution in [0.5, 0.6) is 0 Å². The topological polar surface area (TPSA) is 108 Å². The number of esters is 2. The van der Waals surface area contributed by atoms with E-state index in [1.165, 1.54) is 51.4 Å². The van der Waals surface area contributed by atoms with Crippen LogP contribution < -0.4 is 0 Å². The van der Waals surface area contributed by atoms with Gasteiger partial charge in [-0.25, -0.2) is 4.57 Å². The molecule has 0 saturated heterocycles.